The average Bonchev–Trinajstić information content (AvgIpc) is 2.29. The maximum atomic E-state index is 11.4. The molecule has 1 aromatic carbocycles. The predicted molar refractivity (Wildman–Crippen MR) is 75.0 cm³/mol. The van der Waals surface area contributed by atoms with Gasteiger partial charge in [0.2, 0.25) is 5.91 Å². The highest BCUT2D eigenvalue weighted by molar-refractivity contribution is 14.1. The van der Waals surface area contributed by atoms with Gasteiger partial charge in [-0.3, -0.25) is 10.1 Å². The van der Waals surface area contributed by atoms with Crippen molar-refractivity contribution < 1.29 is 9.59 Å². The number of carbonyl (C=O) groups is 2. The van der Waals surface area contributed by atoms with E-state index in [1.807, 2.05) is 24.3 Å². The van der Waals surface area contributed by atoms with Crippen molar-refractivity contribution in [1.82, 2.24) is 10.6 Å². The molecule has 0 bridgehead atoms. The Morgan fingerprint density at radius 3 is 2.41 bits per heavy atom. The molecule has 3 amide bonds. The van der Waals surface area contributed by atoms with Crippen molar-refractivity contribution in [3.05, 3.63) is 27.8 Å². The van der Waals surface area contributed by atoms with Crippen LogP contribution in [0.3, 0.4) is 0 Å². The van der Waals surface area contributed by atoms with Crippen LogP contribution in [0, 0.1) is 3.57 Å². The van der Waals surface area contributed by atoms with Crippen LogP contribution in [0.15, 0.2) is 24.3 Å². The number of hydrogen-bond acceptors (Lipinski definition) is 3. The molecule has 5 nitrogen and oxygen atoms in total. The lowest BCUT2D eigenvalue weighted by atomic mass is 10.3. The SMILES string of the molecule is CNC(=O)NC(=O)CN(C)c1ccc(I)cc1. The van der Waals surface area contributed by atoms with Crippen LogP contribution >= 0.6 is 22.6 Å². The van der Waals surface area contributed by atoms with Gasteiger partial charge < -0.3 is 10.2 Å². The van der Waals surface area contributed by atoms with Crippen LogP contribution in [0.2, 0.25) is 0 Å². The fraction of sp³-hybridized carbons (Fsp3) is 0.273. The largest absolute Gasteiger partial charge is 0.365 e. The van der Waals surface area contributed by atoms with Gasteiger partial charge in [0.25, 0.3) is 0 Å². The number of imide groups is 1. The van der Waals surface area contributed by atoms with E-state index < -0.39 is 6.03 Å². The molecule has 0 saturated heterocycles. The Balaban J connectivity index is 2.54. The lowest BCUT2D eigenvalue weighted by Crippen LogP contribution is -2.42. The highest BCUT2D eigenvalue weighted by atomic mass is 127. The minimum atomic E-state index is -0.494. The number of likely N-dealkylation sites (N-methyl/N-ethyl adjacent to an activating group) is 1. The molecule has 0 radical (unpaired) electrons. The first-order valence-electron chi connectivity index (χ1n) is 5.01. The van der Waals surface area contributed by atoms with E-state index in [9.17, 15) is 9.59 Å². The number of hydrogen-bond donors (Lipinski definition) is 2. The van der Waals surface area contributed by atoms with Crippen molar-refractivity contribution in [2.45, 2.75) is 0 Å². The number of carbonyl (C=O) groups excluding carboxylic acids is 2. The molecule has 17 heavy (non-hydrogen) atoms. The minimum Gasteiger partial charge on any atom is -0.365 e. The quantitative estimate of drug-likeness (QED) is 0.808. The molecule has 1 rings (SSSR count). The van der Waals surface area contributed by atoms with E-state index in [0.717, 1.165) is 9.26 Å². The van der Waals surface area contributed by atoms with Crippen LogP contribution in [0.1, 0.15) is 0 Å². The van der Waals surface area contributed by atoms with Gasteiger partial charge in [0.05, 0.1) is 6.54 Å². The zero-order valence-electron chi connectivity index (χ0n) is 9.66. The molecule has 0 spiro atoms. The van der Waals surface area contributed by atoms with Crippen molar-refractivity contribution in [3.8, 4) is 0 Å². The van der Waals surface area contributed by atoms with E-state index in [0.29, 0.717) is 0 Å². The summed E-state index contributed by atoms with van der Waals surface area (Å²) in [6, 6.07) is 7.28. The summed E-state index contributed by atoms with van der Waals surface area (Å²) in [5.41, 5.74) is 0.928. The second-order valence-corrected chi connectivity index (χ2v) is 4.71. The summed E-state index contributed by atoms with van der Waals surface area (Å²) in [7, 11) is 3.26. The average molecular weight is 347 g/mol. The fourth-order valence-corrected chi connectivity index (χ4v) is 1.59. The fourth-order valence-electron chi connectivity index (χ4n) is 1.23. The van der Waals surface area contributed by atoms with Gasteiger partial charge in [-0.05, 0) is 46.9 Å². The van der Waals surface area contributed by atoms with Crippen molar-refractivity contribution in [1.29, 1.82) is 0 Å². The molecule has 0 unspecified atom stereocenters. The highest BCUT2D eigenvalue weighted by Crippen LogP contribution is 2.14. The second-order valence-electron chi connectivity index (χ2n) is 3.46. The first-order valence-corrected chi connectivity index (χ1v) is 6.09. The van der Waals surface area contributed by atoms with Gasteiger partial charge >= 0.3 is 6.03 Å². The zero-order valence-corrected chi connectivity index (χ0v) is 11.8. The van der Waals surface area contributed by atoms with Gasteiger partial charge in [-0.25, -0.2) is 4.79 Å². The van der Waals surface area contributed by atoms with E-state index in [-0.39, 0.29) is 12.5 Å². The van der Waals surface area contributed by atoms with Gasteiger partial charge in [-0.2, -0.15) is 0 Å². The standard InChI is InChI=1S/C11H14IN3O2/c1-13-11(17)14-10(16)7-15(2)9-5-3-8(12)4-6-9/h3-6H,7H2,1-2H3,(H2,13,14,16,17). The maximum Gasteiger partial charge on any atom is 0.321 e. The maximum absolute atomic E-state index is 11.4. The molecule has 0 heterocycles. The summed E-state index contributed by atoms with van der Waals surface area (Å²) in [6.45, 7) is 0.133. The van der Waals surface area contributed by atoms with E-state index >= 15 is 0 Å². The lowest BCUT2D eigenvalue weighted by Gasteiger charge is -2.18. The van der Waals surface area contributed by atoms with Crippen molar-refractivity contribution >= 4 is 40.2 Å². The van der Waals surface area contributed by atoms with Gasteiger partial charge in [-0.15, -0.1) is 0 Å². The lowest BCUT2D eigenvalue weighted by molar-refractivity contribution is -0.118. The molecule has 1 aromatic rings. The third-order valence-electron chi connectivity index (χ3n) is 2.13. The predicted octanol–water partition coefficient (Wildman–Crippen LogP) is 1.18. The van der Waals surface area contributed by atoms with Crippen LogP contribution in [0.5, 0.6) is 0 Å². The second kappa shape index (κ2) is 6.43. The monoisotopic (exact) mass is 347 g/mol. The Morgan fingerprint density at radius 1 is 1.29 bits per heavy atom. The van der Waals surface area contributed by atoms with Crippen LogP contribution < -0.4 is 15.5 Å². The van der Waals surface area contributed by atoms with Crippen LogP contribution in [-0.2, 0) is 4.79 Å². The van der Waals surface area contributed by atoms with E-state index in [2.05, 4.69) is 33.2 Å². The molecule has 0 fully saturated rings. The molecule has 0 aliphatic heterocycles. The summed E-state index contributed by atoms with van der Waals surface area (Å²) in [5.74, 6) is -0.342. The van der Waals surface area contributed by atoms with Crippen molar-refractivity contribution in [2.24, 2.45) is 0 Å². The van der Waals surface area contributed by atoms with Crippen molar-refractivity contribution in [3.63, 3.8) is 0 Å². The summed E-state index contributed by atoms with van der Waals surface area (Å²) in [4.78, 5) is 24.1. The number of urea groups is 1. The van der Waals surface area contributed by atoms with Gasteiger partial charge in [0.1, 0.15) is 0 Å². The number of nitrogens with one attached hydrogen (secondary N) is 2. The number of benzene rings is 1. The van der Waals surface area contributed by atoms with E-state index in [1.54, 1.807) is 11.9 Å². The Bertz CT molecular complexity index is 406. The smallest absolute Gasteiger partial charge is 0.321 e. The third kappa shape index (κ3) is 4.59. The number of amides is 3. The highest BCUT2D eigenvalue weighted by Gasteiger charge is 2.09. The Labute approximate surface area is 114 Å². The molecule has 0 aromatic heterocycles. The number of rotatable bonds is 3. The van der Waals surface area contributed by atoms with Crippen LogP contribution in [-0.4, -0.2) is 32.6 Å². The molecular formula is C11H14IN3O2. The molecule has 0 atom stereocenters. The minimum absolute atomic E-state index is 0.133. The Hall–Kier alpha value is -1.31. The van der Waals surface area contributed by atoms with E-state index in [4.69, 9.17) is 0 Å². The zero-order chi connectivity index (χ0) is 12.8. The van der Waals surface area contributed by atoms with E-state index in [1.165, 1.54) is 7.05 Å². The molecule has 0 aliphatic carbocycles. The first-order chi connectivity index (χ1) is 8.02. The van der Waals surface area contributed by atoms with Gasteiger partial charge in [0, 0.05) is 23.4 Å². The molecule has 92 valence electrons. The number of halogens is 1. The van der Waals surface area contributed by atoms with Crippen LogP contribution in [0.4, 0.5) is 10.5 Å². The number of anilines is 1. The summed E-state index contributed by atoms with van der Waals surface area (Å²) in [5, 5.41) is 4.54. The third-order valence-corrected chi connectivity index (χ3v) is 2.85. The summed E-state index contributed by atoms with van der Waals surface area (Å²) >= 11 is 2.22. The summed E-state index contributed by atoms with van der Waals surface area (Å²) in [6.07, 6.45) is 0. The van der Waals surface area contributed by atoms with Crippen molar-refractivity contribution in [2.75, 3.05) is 25.5 Å². The Morgan fingerprint density at radius 2 is 1.88 bits per heavy atom. The molecule has 2 N–H and O–H groups in total. The normalized spacial score (nSPS) is 9.59. The van der Waals surface area contributed by atoms with Gasteiger partial charge in [0.15, 0.2) is 0 Å². The molecule has 0 aliphatic rings. The topological polar surface area (TPSA) is 61.4 Å². The first kappa shape index (κ1) is 13.8. The molecule has 6 heteroatoms. The van der Waals surface area contributed by atoms with Gasteiger partial charge in [-0.1, -0.05) is 0 Å². The van der Waals surface area contributed by atoms with Crippen LogP contribution in [0.25, 0.3) is 0 Å². The molecule has 0 saturated carbocycles. The Kier molecular flexibility index (Phi) is 5.20. The number of nitrogens with zero attached hydrogens (tertiary/aromatic N) is 1. The molecular weight excluding hydrogens is 333 g/mol. The summed E-state index contributed by atoms with van der Waals surface area (Å²) < 4.78 is 1.13.